The van der Waals surface area contributed by atoms with Crippen molar-refractivity contribution >= 4 is 12.0 Å². The smallest absolute Gasteiger partial charge is 0.348 e. The van der Waals surface area contributed by atoms with Crippen LogP contribution in [0.4, 0.5) is 13.2 Å². The van der Waals surface area contributed by atoms with Crippen LogP contribution >= 0.6 is 0 Å². The Morgan fingerprint density at radius 3 is 2.18 bits per heavy atom. The molecule has 1 aliphatic rings. The first-order valence-corrected chi connectivity index (χ1v) is 9.45. The average Bonchev–Trinajstić information content (AvgIpc) is 3.18. The number of halogens is 3. The zero-order chi connectivity index (χ0) is 20.0. The lowest BCUT2D eigenvalue weighted by Gasteiger charge is -2.12. The third-order valence-corrected chi connectivity index (χ3v) is 4.92. The predicted molar refractivity (Wildman–Crippen MR) is 102 cm³/mol. The lowest BCUT2D eigenvalue weighted by molar-refractivity contribution is -0.901. The number of likely N-dealkylation sites (tertiary alicyclic amines) is 1. The van der Waals surface area contributed by atoms with E-state index in [0.29, 0.717) is 12.1 Å². The van der Waals surface area contributed by atoms with E-state index in [-0.39, 0.29) is 5.91 Å². The molecule has 1 heterocycles. The second-order valence-corrected chi connectivity index (χ2v) is 7.12. The van der Waals surface area contributed by atoms with Crippen LogP contribution in [0.1, 0.15) is 35.1 Å². The highest BCUT2D eigenvalue weighted by atomic mass is 19.4. The highest BCUT2D eigenvalue weighted by Gasteiger charge is 2.29. The maximum Gasteiger partial charge on any atom is 0.416 e. The van der Waals surface area contributed by atoms with Crippen LogP contribution in [-0.4, -0.2) is 19.0 Å². The number of quaternary nitrogens is 1. The maximum atomic E-state index is 12.5. The lowest BCUT2D eigenvalue weighted by atomic mass is 10.1. The van der Waals surface area contributed by atoms with Gasteiger partial charge in [-0.15, -0.1) is 0 Å². The number of hydrogen-bond acceptors (Lipinski definition) is 1. The molecule has 28 heavy (non-hydrogen) atoms. The highest BCUT2D eigenvalue weighted by Crippen LogP contribution is 2.29. The Hall–Kier alpha value is -2.60. The molecule has 0 aliphatic carbocycles. The Morgan fingerprint density at radius 2 is 1.57 bits per heavy atom. The molecule has 3 rings (SSSR count). The molecule has 2 aromatic carbocycles. The number of carbonyl (C=O) groups is 1. The molecule has 0 bridgehead atoms. The summed E-state index contributed by atoms with van der Waals surface area (Å²) in [4.78, 5) is 13.6. The SMILES string of the molecule is O=C(/C=C/c1ccc(C(F)(F)F)cc1)NCc1ccc(C[NH+]2CCCC2)cc1. The van der Waals surface area contributed by atoms with Crippen LogP contribution in [0, 0.1) is 0 Å². The maximum absolute atomic E-state index is 12.5. The van der Waals surface area contributed by atoms with Gasteiger partial charge in [0, 0.05) is 31.0 Å². The zero-order valence-electron chi connectivity index (χ0n) is 15.6. The second kappa shape index (κ2) is 9.06. The number of carbonyl (C=O) groups excluding carboxylic acids is 1. The van der Waals surface area contributed by atoms with Crippen molar-refractivity contribution in [2.24, 2.45) is 0 Å². The zero-order valence-corrected chi connectivity index (χ0v) is 15.6. The predicted octanol–water partition coefficient (Wildman–Crippen LogP) is 3.21. The summed E-state index contributed by atoms with van der Waals surface area (Å²) in [5.74, 6) is -0.287. The Balaban J connectivity index is 1.46. The van der Waals surface area contributed by atoms with Gasteiger partial charge in [-0.05, 0) is 29.3 Å². The number of rotatable bonds is 6. The van der Waals surface area contributed by atoms with E-state index in [2.05, 4.69) is 17.4 Å². The summed E-state index contributed by atoms with van der Waals surface area (Å²) >= 11 is 0. The molecule has 1 fully saturated rings. The van der Waals surface area contributed by atoms with Gasteiger partial charge in [0.25, 0.3) is 0 Å². The van der Waals surface area contributed by atoms with Crippen LogP contribution in [0.15, 0.2) is 54.6 Å². The Bertz CT molecular complexity index is 805. The number of alkyl halides is 3. The Morgan fingerprint density at radius 1 is 0.964 bits per heavy atom. The molecule has 1 amide bonds. The van der Waals surface area contributed by atoms with Crippen molar-refractivity contribution in [3.63, 3.8) is 0 Å². The summed E-state index contributed by atoms with van der Waals surface area (Å²) in [6.07, 6.45) is 1.08. The minimum atomic E-state index is -4.36. The molecule has 2 N–H and O–H groups in total. The van der Waals surface area contributed by atoms with E-state index < -0.39 is 11.7 Å². The highest BCUT2D eigenvalue weighted by molar-refractivity contribution is 5.91. The van der Waals surface area contributed by atoms with Gasteiger partial charge in [-0.25, -0.2) is 0 Å². The molecule has 1 saturated heterocycles. The summed E-state index contributed by atoms with van der Waals surface area (Å²) < 4.78 is 37.6. The molecule has 148 valence electrons. The number of benzene rings is 2. The van der Waals surface area contributed by atoms with E-state index >= 15 is 0 Å². The monoisotopic (exact) mass is 389 g/mol. The van der Waals surface area contributed by atoms with E-state index in [1.807, 2.05) is 12.1 Å². The number of hydrogen-bond donors (Lipinski definition) is 2. The molecular formula is C22H24F3N2O+. The van der Waals surface area contributed by atoms with Gasteiger partial charge in [0.2, 0.25) is 5.91 Å². The first-order valence-electron chi connectivity index (χ1n) is 9.45. The molecule has 0 unspecified atom stereocenters. The molecule has 0 aromatic heterocycles. The number of nitrogens with one attached hydrogen (secondary N) is 2. The van der Waals surface area contributed by atoms with E-state index in [4.69, 9.17) is 0 Å². The van der Waals surface area contributed by atoms with Crippen LogP contribution in [0.5, 0.6) is 0 Å². The molecule has 2 aromatic rings. The average molecular weight is 389 g/mol. The third-order valence-electron chi connectivity index (χ3n) is 4.92. The summed E-state index contributed by atoms with van der Waals surface area (Å²) in [6, 6.07) is 12.9. The molecule has 1 aliphatic heterocycles. The first-order chi connectivity index (χ1) is 13.4. The molecule has 0 atom stereocenters. The summed E-state index contributed by atoms with van der Waals surface area (Å²) in [6.45, 7) is 3.93. The molecular weight excluding hydrogens is 365 g/mol. The van der Waals surface area contributed by atoms with Crippen LogP contribution < -0.4 is 10.2 Å². The van der Waals surface area contributed by atoms with Crippen molar-refractivity contribution in [2.75, 3.05) is 13.1 Å². The lowest BCUT2D eigenvalue weighted by Crippen LogP contribution is -3.08. The fraction of sp³-hybridized carbons (Fsp3) is 0.318. The van der Waals surface area contributed by atoms with Crippen LogP contribution in [0.25, 0.3) is 6.08 Å². The Labute approximate surface area is 162 Å². The van der Waals surface area contributed by atoms with Gasteiger partial charge in [-0.1, -0.05) is 36.4 Å². The Kier molecular flexibility index (Phi) is 6.52. The van der Waals surface area contributed by atoms with Crippen molar-refractivity contribution in [1.82, 2.24) is 5.32 Å². The quantitative estimate of drug-likeness (QED) is 0.731. The minimum Gasteiger partial charge on any atom is -0.348 e. The van der Waals surface area contributed by atoms with Crippen molar-refractivity contribution < 1.29 is 22.9 Å². The topological polar surface area (TPSA) is 33.5 Å². The van der Waals surface area contributed by atoms with Crippen LogP contribution in [-0.2, 0) is 24.1 Å². The molecule has 6 heteroatoms. The second-order valence-electron chi connectivity index (χ2n) is 7.12. The van der Waals surface area contributed by atoms with Gasteiger partial charge in [-0.2, -0.15) is 13.2 Å². The fourth-order valence-corrected chi connectivity index (χ4v) is 3.32. The molecule has 0 spiro atoms. The van der Waals surface area contributed by atoms with E-state index in [1.165, 1.54) is 55.8 Å². The van der Waals surface area contributed by atoms with Crippen molar-refractivity contribution in [1.29, 1.82) is 0 Å². The summed E-state index contributed by atoms with van der Waals surface area (Å²) in [7, 11) is 0. The minimum absolute atomic E-state index is 0.287. The fourth-order valence-electron chi connectivity index (χ4n) is 3.32. The van der Waals surface area contributed by atoms with Gasteiger partial charge < -0.3 is 10.2 Å². The van der Waals surface area contributed by atoms with Gasteiger partial charge in [0.15, 0.2) is 0 Å². The van der Waals surface area contributed by atoms with Crippen LogP contribution in [0.3, 0.4) is 0 Å². The molecule has 0 saturated carbocycles. The van der Waals surface area contributed by atoms with Crippen LogP contribution in [0.2, 0.25) is 0 Å². The van der Waals surface area contributed by atoms with Gasteiger partial charge in [-0.3, -0.25) is 4.79 Å². The summed E-state index contributed by atoms with van der Waals surface area (Å²) in [5, 5.41) is 2.79. The van der Waals surface area contributed by atoms with Crippen molar-refractivity contribution in [3.05, 3.63) is 76.9 Å². The standard InChI is InChI=1S/C22H23F3N2O/c23-22(24,25)20-10-7-17(8-11-20)9-12-21(28)26-15-18-3-5-19(6-4-18)16-27-13-1-2-14-27/h3-12H,1-2,13-16H2,(H,26,28)/p+1/b12-9+. The molecule has 3 nitrogen and oxygen atoms in total. The number of amides is 1. The normalized spacial score (nSPS) is 15.2. The first kappa shape index (κ1) is 20.1. The van der Waals surface area contributed by atoms with E-state index in [9.17, 15) is 18.0 Å². The molecule has 0 radical (unpaired) electrons. The van der Waals surface area contributed by atoms with Gasteiger partial charge in [0.1, 0.15) is 6.54 Å². The largest absolute Gasteiger partial charge is 0.416 e. The van der Waals surface area contributed by atoms with Gasteiger partial charge in [0.05, 0.1) is 18.7 Å². The van der Waals surface area contributed by atoms with E-state index in [1.54, 1.807) is 4.90 Å². The van der Waals surface area contributed by atoms with Crippen molar-refractivity contribution in [3.8, 4) is 0 Å². The van der Waals surface area contributed by atoms with Gasteiger partial charge >= 0.3 is 6.18 Å². The van der Waals surface area contributed by atoms with E-state index in [0.717, 1.165) is 24.2 Å². The third kappa shape index (κ3) is 5.96. The van der Waals surface area contributed by atoms with Crippen molar-refractivity contribution in [2.45, 2.75) is 32.1 Å². The summed E-state index contributed by atoms with van der Waals surface area (Å²) in [5.41, 5.74) is 2.14.